The summed E-state index contributed by atoms with van der Waals surface area (Å²) in [6.45, 7) is 9.87. The van der Waals surface area contributed by atoms with E-state index in [2.05, 4.69) is 20.7 Å². The monoisotopic (exact) mass is 700 g/mol. The Kier molecular flexibility index (Phi) is 10.2. The van der Waals surface area contributed by atoms with E-state index in [4.69, 9.17) is 5.73 Å². The Hall–Kier alpha value is -3.52. The highest BCUT2D eigenvalue weighted by molar-refractivity contribution is 7.89. The number of benzene rings is 1. The maximum atomic E-state index is 14.4. The first-order valence-corrected chi connectivity index (χ1v) is 18.9. The quantitative estimate of drug-likeness (QED) is 0.195. The van der Waals surface area contributed by atoms with E-state index in [-0.39, 0.29) is 34.6 Å². The fourth-order valence-corrected chi connectivity index (χ4v) is 9.02. The topological polar surface area (TPSA) is 197 Å². The van der Waals surface area contributed by atoms with Gasteiger partial charge in [-0.2, -0.15) is 0 Å². The molecule has 1 aliphatic heterocycles. The molecule has 49 heavy (non-hydrogen) atoms. The summed E-state index contributed by atoms with van der Waals surface area (Å²) >= 11 is 0. The molecule has 0 radical (unpaired) electrons. The van der Waals surface area contributed by atoms with Gasteiger partial charge >= 0.3 is 6.03 Å². The zero-order chi connectivity index (χ0) is 35.9. The van der Waals surface area contributed by atoms with Gasteiger partial charge in [-0.05, 0) is 60.0 Å². The third kappa shape index (κ3) is 8.11. The van der Waals surface area contributed by atoms with Crippen molar-refractivity contribution < 1.29 is 32.4 Å². The standard InChI is InChI=1S/C35H52N6O7S/c1-33(2,3)28(39-32(46)40-35(16-10-7-11-17-35)20-37-49(47,48)22-12-8-6-9-13-22)31(45)41-19-23-25(34(23,4)5)26(41)30(44)38-24(18-21-14-15-21)27(42)29(36)43/h6,8-9,12-13,21,23-26,28,37H,7,10-11,14-20H2,1-5H3,(H2,36,43)(H,38,44)(H2,39,40,46)/t23-,24?,25-,26-,28+/m0/s1. The molecule has 270 valence electrons. The first-order valence-electron chi connectivity index (χ1n) is 17.4. The lowest BCUT2D eigenvalue weighted by Gasteiger charge is -2.41. The second-order valence-corrected chi connectivity index (χ2v) is 18.0. The van der Waals surface area contributed by atoms with Gasteiger partial charge in [0.05, 0.1) is 16.5 Å². The maximum Gasteiger partial charge on any atom is 0.315 e. The number of sulfonamides is 1. The van der Waals surface area contributed by atoms with Crippen LogP contribution in [0, 0.1) is 28.6 Å². The van der Waals surface area contributed by atoms with Crippen molar-refractivity contribution in [2.75, 3.05) is 13.1 Å². The van der Waals surface area contributed by atoms with Gasteiger partial charge in [-0.3, -0.25) is 19.2 Å². The third-order valence-electron chi connectivity index (χ3n) is 11.1. The normalized spacial score (nSPS) is 25.3. The molecule has 1 unspecified atom stereocenters. The average Bonchev–Trinajstić information content (AvgIpc) is 3.89. The zero-order valence-electron chi connectivity index (χ0n) is 29.2. The van der Waals surface area contributed by atoms with Crippen LogP contribution in [0.5, 0.6) is 0 Å². The predicted octanol–water partition coefficient (Wildman–Crippen LogP) is 2.20. The number of fused-ring (bicyclic) bond motifs is 1. The second-order valence-electron chi connectivity index (χ2n) is 16.2. The van der Waals surface area contributed by atoms with Crippen molar-refractivity contribution in [2.45, 2.75) is 115 Å². The molecule has 0 spiro atoms. The molecule has 13 nitrogen and oxygen atoms in total. The highest BCUT2D eigenvalue weighted by atomic mass is 32.2. The largest absolute Gasteiger partial charge is 0.363 e. The van der Waals surface area contributed by atoms with Crippen LogP contribution in [0.25, 0.3) is 0 Å². The van der Waals surface area contributed by atoms with E-state index in [0.717, 1.165) is 32.1 Å². The number of primary amides is 1. The van der Waals surface area contributed by atoms with Crippen LogP contribution in [0.2, 0.25) is 0 Å². The van der Waals surface area contributed by atoms with Crippen LogP contribution >= 0.6 is 0 Å². The highest BCUT2D eigenvalue weighted by Crippen LogP contribution is 2.65. The molecule has 5 atom stereocenters. The lowest BCUT2D eigenvalue weighted by atomic mass is 9.81. The molecule has 6 N–H and O–H groups in total. The van der Waals surface area contributed by atoms with Crippen LogP contribution in [0.15, 0.2) is 35.2 Å². The van der Waals surface area contributed by atoms with Crippen molar-refractivity contribution in [3.05, 3.63) is 30.3 Å². The predicted molar refractivity (Wildman–Crippen MR) is 182 cm³/mol. The number of carbonyl (C=O) groups excluding carboxylic acids is 5. The highest BCUT2D eigenvalue weighted by Gasteiger charge is 2.70. The van der Waals surface area contributed by atoms with Gasteiger partial charge < -0.3 is 26.6 Å². The lowest BCUT2D eigenvalue weighted by Crippen LogP contribution is -2.64. The molecule has 3 aliphatic carbocycles. The number of ketones is 1. The lowest BCUT2D eigenvalue weighted by molar-refractivity contribution is -0.145. The minimum atomic E-state index is -3.82. The molecule has 5 rings (SSSR count). The molecule has 14 heteroatoms. The van der Waals surface area contributed by atoms with Gasteiger partial charge in [0.2, 0.25) is 27.6 Å². The Balaban J connectivity index is 1.32. The molecule has 0 bridgehead atoms. The number of hydrogen-bond donors (Lipinski definition) is 5. The number of piperidine rings is 1. The minimum absolute atomic E-state index is 0.00929. The fourth-order valence-electron chi connectivity index (χ4n) is 7.87. The fraction of sp³-hybridized carbons (Fsp3) is 0.686. The summed E-state index contributed by atoms with van der Waals surface area (Å²) in [5, 5.41) is 8.69. The molecular weight excluding hydrogens is 648 g/mol. The zero-order valence-corrected chi connectivity index (χ0v) is 30.0. The average molecular weight is 701 g/mol. The number of carbonyl (C=O) groups is 5. The summed E-state index contributed by atoms with van der Waals surface area (Å²) in [5.41, 5.74) is 3.48. The minimum Gasteiger partial charge on any atom is -0.363 e. The summed E-state index contributed by atoms with van der Waals surface area (Å²) in [7, 11) is -3.82. The van der Waals surface area contributed by atoms with Crippen molar-refractivity contribution in [1.29, 1.82) is 0 Å². The summed E-state index contributed by atoms with van der Waals surface area (Å²) in [5.74, 6) is -2.76. The Bertz CT molecular complexity index is 1560. The number of nitrogens with one attached hydrogen (secondary N) is 4. The molecule has 0 aromatic heterocycles. The number of rotatable bonds is 13. The van der Waals surface area contributed by atoms with Crippen LogP contribution < -0.4 is 26.4 Å². The number of Topliss-reactive ketones (excluding diaryl/α,β-unsaturated/α-hetero) is 1. The van der Waals surface area contributed by atoms with Gasteiger partial charge in [0.1, 0.15) is 12.1 Å². The van der Waals surface area contributed by atoms with Crippen LogP contribution in [0.1, 0.15) is 86.0 Å². The van der Waals surface area contributed by atoms with Gasteiger partial charge in [0, 0.05) is 13.1 Å². The van der Waals surface area contributed by atoms with Crippen LogP contribution in [0.4, 0.5) is 4.79 Å². The molecule has 1 heterocycles. The van der Waals surface area contributed by atoms with Gasteiger partial charge in [-0.25, -0.2) is 17.9 Å². The molecule has 4 fully saturated rings. The van der Waals surface area contributed by atoms with Gasteiger partial charge in [-0.15, -0.1) is 0 Å². The smallest absolute Gasteiger partial charge is 0.315 e. The first kappa shape index (κ1) is 36.8. The van der Waals surface area contributed by atoms with E-state index in [1.807, 2.05) is 34.6 Å². The summed E-state index contributed by atoms with van der Waals surface area (Å²) < 4.78 is 28.8. The Morgan fingerprint density at radius 3 is 2.18 bits per heavy atom. The van der Waals surface area contributed by atoms with Gasteiger partial charge in [0.15, 0.2) is 0 Å². The number of urea groups is 1. The second kappa shape index (κ2) is 13.7. The Morgan fingerprint density at radius 1 is 0.980 bits per heavy atom. The van der Waals surface area contributed by atoms with Crippen molar-refractivity contribution in [1.82, 2.24) is 25.6 Å². The number of nitrogens with zero attached hydrogens (tertiary/aromatic N) is 1. The van der Waals surface area contributed by atoms with E-state index in [1.54, 1.807) is 18.2 Å². The van der Waals surface area contributed by atoms with Crippen molar-refractivity contribution in [2.24, 2.45) is 34.3 Å². The van der Waals surface area contributed by atoms with Crippen LogP contribution in [-0.2, 0) is 29.2 Å². The number of nitrogens with two attached hydrogens (primary N) is 1. The summed E-state index contributed by atoms with van der Waals surface area (Å²) in [6, 6.07) is 4.48. The van der Waals surface area contributed by atoms with Gasteiger partial charge in [0.25, 0.3) is 5.91 Å². The molecule has 5 amide bonds. The Labute approximate surface area is 289 Å². The number of likely N-dealkylation sites (tertiary alicyclic amines) is 1. The van der Waals surface area contributed by atoms with Crippen LogP contribution in [0.3, 0.4) is 0 Å². The molecular formula is C35H52N6O7S. The first-order chi connectivity index (χ1) is 22.9. The Morgan fingerprint density at radius 2 is 1.61 bits per heavy atom. The molecule has 1 aromatic carbocycles. The van der Waals surface area contributed by atoms with Crippen molar-refractivity contribution in [3.63, 3.8) is 0 Å². The number of amides is 5. The summed E-state index contributed by atoms with van der Waals surface area (Å²) in [6.07, 6.45) is 5.83. The van der Waals surface area contributed by atoms with E-state index >= 15 is 0 Å². The van der Waals surface area contributed by atoms with E-state index in [1.165, 1.54) is 17.0 Å². The van der Waals surface area contributed by atoms with Gasteiger partial charge in [-0.1, -0.05) is 84.9 Å². The third-order valence-corrected chi connectivity index (χ3v) is 12.6. The van der Waals surface area contributed by atoms with E-state index < -0.39 is 68.6 Å². The molecule has 1 aromatic rings. The SMILES string of the molecule is CC(C)(C)[C@H](NC(=O)NC1(CNS(=O)(=O)c2ccccc2)CCCCC1)C(=O)N1C[C@H]2[C@@H]([C@H]1C(=O)NC(CC1CC1)C(=O)C(N)=O)C2(C)C. The van der Waals surface area contributed by atoms with E-state index in [9.17, 15) is 32.4 Å². The van der Waals surface area contributed by atoms with Crippen LogP contribution in [-0.4, -0.2) is 79.6 Å². The summed E-state index contributed by atoms with van der Waals surface area (Å²) in [4.78, 5) is 68.1. The van der Waals surface area contributed by atoms with E-state index in [0.29, 0.717) is 25.8 Å². The molecule has 4 aliphatic rings. The molecule has 1 saturated heterocycles. The number of hydrogen-bond acceptors (Lipinski definition) is 7. The maximum absolute atomic E-state index is 14.4. The molecule has 3 saturated carbocycles. The van der Waals surface area contributed by atoms with Crippen molar-refractivity contribution >= 4 is 39.6 Å². The van der Waals surface area contributed by atoms with Crippen molar-refractivity contribution in [3.8, 4) is 0 Å².